The summed E-state index contributed by atoms with van der Waals surface area (Å²) in [6, 6.07) is 3.19. The fraction of sp³-hybridized carbons (Fsp3) is 0.471. The topological polar surface area (TPSA) is 58.6 Å². The smallest absolute Gasteiger partial charge is 0.209 e. The molecule has 0 aliphatic heterocycles. The molecule has 3 rings (SSSR count). The largest absolute Gasteiger partial charge is 0.293 e. The summed E-state index contributed by atoms with van der Waals surface area (Å²) in [6.45, 7) is 1.71. The first-order valence-electron chi connectivity index (χ1n) is 8.10. The van der Waals surface area contributed by atoms with Crippen LogP contribution in [0.4, 0.5) is 8.78 Å². The Hall–Kier alpha value is -1.76. The van der Waals surface area contributed by atoms with Crippen molar-refractivity contribution in [2.75, 3.05) is 0 Å². The van der Waals surface area contributed by atoms with Gasteiger partial charge in [-0.05, 0) is 31.0 Å². The number of carbonyl (C=O) groups excluding carboxylic acids is 1. The first-order valence-corrected chi connectivity index (χ1v) is 8.98. The molecule has 0 amide bonds. The Morgan fingerprint density at radius 2 is 2.08 bits per heavy atom. The lowest BCUT2D eigenvalue weighted by molar-refractivity contribution is 0.0993. The van der Waals surface area contributed by atoms with Crippen molar-refractivity contribution >= 4 is 17.5 Å². The molecule has 0 spiro atoms. The van der Waals surface area contributed by atoms with Gasteiger partial charge in [0.2, 0.25) is 5.16 Å². The molecular weight excluding hydrogens is 332 g/mol. The zero-order valence-corrected chi connectivity index (χ0v) is 14.2. The van der Waals surface area contributed by atoms with E-state index >= 15 is 0 Å². The zero-order valence-electron chi connectivity index (χ0n) is 13.4. The van der Waals surface area contributed by atoms with Crippen molar-refractivity contribution in [2.24, 2.45) is 5.92 Å². The van der Waals surface area contributed by atoms with Gasteiger partial charge >= 0.3 is 0 Å². The van der Waals surface area contributed by atoms with Crippen LogP contribution in [0.3, 0.4) is 0 Å². The third-order valence-corrected chi connectivity index (χ3v) is 5.28. The van der Waals surface area contributed by atoms with Gasteiger partial charge < -0.3 is 0 Å². The lowest BCUT2D eigenvalue weighted by atomic mass is 10.0. The summed E-state index contributed by atoms with van der Waals surface area (Å²) < 4.78 is 26.2. The zero-order chi connectivity index (χ0) is 17.1. The minimum absolute atomic E-state index is 0.149. The van der Waals surface area contributed by atoms with Crippen molar-refractivity contribution in [3.8, 4) is 0 Å². The van der Waals surface area contributed by atoms with E-state index in [1.54, 1.807) is 6.92 Å². The molecule has 1 aromatic heterocycles. The second kappa shape index (κ2) is 7.42. The molecule has 1 aliphatic rings. The summed E-state index contributed by atoms with van der Waals surface area (Å²) in [7, 11) is 0. The van der Waals surface area contributed by atoms with E-state index in [4.69, 9.17) is 0 Å². The number of nitrogens with one attached hydrogen (secondary N) is 1. The molecule has 1 atom stereocenters. The number of halogens is 2. The molecule has 24 heavy (non-hydrogen) atoms. The van der Waals surface area contributed by atoms with Gasteiger partial charge in [0.05, 0.1) is 5.25 Å². The third kappa shape index (κ3) is 4.01. The van der Waals surface area contributed by atoms with E-state index in [0.717, 1.165) is 24.4 Å². The van der Waals surface area contributed by atoms with Crippen molar-refractivity contribution in [1.29, 1.82) is 0 Å². The molecule has 1 aromatic carbocycles. The monoisotopic (exact) mass is 351 g/mol. The quantitative estimate of drug-likeness (QED) is 0.626. The first-order chi connectivity index (χ1) is 11.5. The SMILES string of the molecule is C[C@@H](Sc1n[nH]c(CC2CCCC2)n1)C(=O)c1ccc(F)c(F)c1. The van der Waals surface area contributed by atoms with Gasteiger partial charge in [0, 0.05) is 12.0 Å². The van der Waals surface area contributed by atoms with Gasteiger partial charge in [-0.1, -0.05) is 37.4 Å². The van der Waals surface area contributed by atoms with Gasteiger partial charge in [0.25, 0.3) is 0 Å². The van der Waals surface area contributed by atoms with Gasteiger partial charge in [-0.25, -0.2) is 13.8 Å². The van der Waals surface area contributed by atoms with Gasteiger partial charge in [-0.2, -0.15) is 0 Å². The Kier molecular flexibility index (Phi) is 5.28. The predicted molar refractivity (Wildman–Crippen MR) is 88.1 cm³/mol. The maximum absolute atomic E-state index is 13.3. The lowest BCUT2D eigenvalue weighted by Crippen LogP contribution is -2.14. The van der Waals surface area contributed by atoms with Crippen molar-refractivity contribution in [3.63, 3.8) is 0 Å². The maximum atomic E-state index is 13.3. The number of thioether (sulfide) groups is 1. The van der Waals surface area contributed by atoms with E-state index in [1.165, 1.54) is 43.5 Å². The molecule has 1 fully saturated rings. The number of hydrogen-bond acceptors (Lipinski definition) is 4. The summed E-state index contributed by atoms with van der Waals surface area (Å²) in [5, 5.41) is 7.10. The van der Waals surface area contributed by atoms with Crippen LogP contribution in [-0.2, 0) is 6.42 Å². The summed E-state index contributed by atoms with van der Waals surface area (Å²) in [5.74, 6) is -0.748. The lowest BCUT2D eigenvalue weighted by Gasteiger charge is -2.08. The third-order valence-electron chi connectivity index (χ3n) is 4.32. The number of H-pyrrole nitrogens is 1. The van der Waals surface area contributed by atoms with E-state index in [1.807, 2.05) is 0 Å². The fourth-order valence-corrected chi connectivity index (χ4v) is 3.83. The van der Waals surface area contributed by atoms with Crippen LogP contribution in [0.25, 0.3) is 0 Å². The first kappa shape index (κ1) is 17.1. The molecule has 1 N–H and O–H groups in total. The predicted octanol–water partition coefficient (Wildman–Crippen LogP) is 4.18. The second-order valence-corrected chi connectivity index (χ2v) is 7.48. The molecule has 0 saturated heterocycles. The molecular formula is C17H19F2N3OS. The van der Waals surface area contributed by atoms with Crippen LogP contribution in [0.2, 0.25) is 0 Å². The van der Waals surface area contributed by atoms with Crippen molar-refractivity contribution < 1.29 is 13.6 Å². The van der Waals surface area contributed by atoms with E-state index in [0.29, 0.717) is 11.1 Å². The summed E-state index contributed by atoms with van der Waals surface area (Å²) in [6.07, 6.45) is 5.90. The molecule has 0 radical (unpaired) electrons. The van der Waals surface area contributed by atoms with Gasteiger partial charge in [0.15, 0.2) is 17.4 Å². The van der Waals surface area contributed by atoms with Crippen LogP contribution in [0, 0.1) is 17.6 Å². The van der Waals surface area contributed by atoms with Crippen LogP contribution in [0.1, 0.15) is 48.8 Å². The number of rotatable bonds is 6. The summed E-state index contributed by atoms with van der Waals surface area (Å²) >= 11 is 1.22. The highest BCUT2D eigenvalue weighted by molar-refractivity contribution is 8.00. The number of ketones is 1. The van der Waals surface area contributed by atoms with Crippen LogP contribution < -0.4 is 0 Å². The minimum Gasteiger partial charge on any atom is -0.293 e. The van der Waals surface area contributed by atoms with Gasteiger partial charge in [0.1, 0.15) is 5.82 Å². The van der Waals surface area contributed by atoms with E-state index < -0.39 is 16.9 Å². The van der Waals surface area contributed by atoms with Crippen LogP contribution in [0.5, 0.6) is 0 Å². The fourth-order valence-electron chi connectivity index (χ4n) is 3.01. The molecule has 4 nitrogen and oxygen atoms in total. The average Bonchev–Trinajstić information content (AvgIpc) is 3.22. The Labute approximate surface area is 143 Å². The van der Waals surface area contributed by atoms with Crippen molar-refractivity contribution in [1.82, 2.24) is 15.2 Å². The summed E-state index contributed by atoms with van der Waals surface area (Å²) in [5.41, 5.74) is 0.149. The molecule has 1 aliphatic carbocycles. The van der Waals surface area contributed by atoms with E-state index in [9.17, 15) is 13.6 Å². The Balaban J connectivity index is 1.61. The highest BCUT2D eigenvalue weighted by Crippen LogP contribution is 2.28. The number of aromatic nitrogens is 3. The molecule has 0 bridgehead atoms. The minimum atomic E-state index is -1.02. The number of hydrogen-bond donors (Lipinski definition) is 1. The molecule has 128 valence electrons. The van der Waals surface area contributed by atoms with Crippen LogP contribution in [0.15, 0.2) is 23.4 Å². The molecule has 1 heterocycles. The number of benzene rings is 1. The van der Waals surface area contributed by atoms with Crippen LogP contribution in [-0.4, -0.2) is 26.2 Å². The average molecular weight is 351 g/mol. The molecule has 7 heteroatoms. The molecule has 0 unspecified atom stereocenters. The van der Waals surface area contributed by atoms with Crippen LogP contribution >= 0.6 is 11.8 Å². The van der Waals surface area contributed by atoms with E-state index in [2.05, 4.69) is 15.2 Å². The standard InChI is InChI=1S/C17H19F2N3OS/c1-10(16(23)12-6-7-13(18)14(19)9-12)24-17-20-15(21-22-17)8-11-4-2-3-5-11/h6-7,9-11H,2-5,8H2,1H3,(H,20,21,22)/t10-/m1/s1. The molecule has 1 saturated carbocycles. The summed E-state index contributed by atoms with van der Waals surface area (Å²) in [4.78, 5) is 16.8. The number of aromatic amines is 1. The molecule has 2 aromatic rings. The Morgan fingerprint density at radius 1 is 1.33 bits per heavy atom. The number of Topliss-reactive ketones (excluding diaryl/α,β-unsaturated/α-hetero) is 1. The number of carbonyl (C=O) groups is 1. The second-order valence-electron chi connectivity index (χ2n) is 6.17. The van der Waals surface area contributed by atoms with Crippen molar-refractivity contribution in [3.05, 3.63) is 41.2 Å². The number of nitrogens with zero attached hydrogens (tertiary/aromatic N) is 2. The maximum Gasteiger partial charge on any atom is 0.209 e. The van der Waals surface area contributed by atoms with Crippen molar-refractivity contribution in [2.45, 2.75) is 49.4 Å². The van der Waals surface area contributed by atoms with Gasteiger partial charge in [-0.15, -0.1) is 5.10 Å². The normalized spacial score (nSPS) is 16.5. The Morgan fingerprint density at radius 3 is 2.79 bits per heavy atom. The highest BCUT2D eigenvalue weighted by Gasteiger charge is 2.21. The van der Waals surface area contributed by atoms with E-state index in [-0.39, 0.29) is 11.3 Å². The van der Waals surface area contributed by atoms with Gasteiger partial charge in [-0.3, -0.25) is 9.89 Å². The Bertz CT molecular complexity index is 728. The highest BCUT2D eigenvalue weighted by atomic mass is 32.2.